The molecule has 0 fully saturated rings. The van der Waals surface area contributed by atoms with Crippen LogP contribution in [0.25, 0.3) is 10.9 Å². The molecule has 0 saturated heterocycles. The molecule has 0 spiro atoms. The summed E-state index contributed by atoms with van der Waals surface area (Å²) >= 11 is 6.47. The van der Waals surface area contributed by atoms with E-state index < -0.39 is 0 Å². The second-order valence-electron chi connectivity index (χ2n) is 7.89. The van der Waals surface area contributed by atoms with Gasteiger partial charge in [0.15, 0.2) is 0 Å². The number of benzene rings is 1. The van der Waals surface area contributed by atoms with E-state index in [0.717, 1.165) is 46.3 Å². The minimum absolute atomic E-state index is 0.00667. The van der Waals surface area contributed by atoms with E-state index in [1.54, 1.807) is 12.4 Å². The number of ether oxygens (including phenoxy) is 1. The van der Waals surface area contributed by atoms with Crippen molar-refractivity contribution >= 4 is 34.1 Å². The van der Waals surface area contributed by atoms with Crippen LogP contribution in [0.15, 0.2) is 48.9 Å². The molecule has 0 unspecified atom stereocenters. The van der Waals surface area contributed by atoms with E-state index in [0.29, 0.717) is 17.3 Å². The summed E-state index contributed by atoms with van der Waals surface area (Å²) in [5, 5.41) is 7.78. The third-order valence-corrected chi connectivity index (χ3v) is 5.94. The normalized spacial score (nSPS) is 11.3. The molecule has 0 saturated carbocycles. The Morgan fingerprint density at radius 1 is 1.24 bits per heavy atom. The highest BCUT2D eigenvalue weighted by Gasteiger charge is 2.16. The van der Waals surface area contributed by atoms with Gasteiger partial charge in [-0.05, 0) is 50.6 Å². The van der Waals surface area contributed by atoms with Crippen molar-refractivity contribution in [2.24, 2.45) is 5.92 Å². The van der Waals surface area contributed by atoms with Crippen LogP contribution in [-0.4, -0.2) is 15.9 Å². The molecule has 174 valence electrons. The van der Waals surface area contributed by atoms with Crippen molar-refractivity contribution < 1.29 is 9.53 Å². The molecule has 2 heterocycles. The minimum atomic E-state index is 0.00667. The Balaban J connectivity index is 1.84. The average molecular weight is 467 g/mol. The fourth-order valence-electron chi connectivity index (χ4n) is 3.71. The lowest BCUT2D eigenvalue weighted by molar-refractivity contribution is -0.125. The molecule has 0 aliphatic rings. The van der Waals surface area contributed by atoms with Crippen LogP contribution in [0.3, 0.4) is 0 Å². The minimum Gasteiger partial charge on any atom is -0.487 e. The van der Waals surface area contributed by atoms with Gasteiger partial charge in [0.1, 0.15) is 17.9 Å². The Labute approximate surface area is 200 Å². The Morgan fingerprint density at radius 2 is 2.03 bits per heavy atom. The van der Waals surface area contributed by atoms with E-state index in [4.69, 9.17) is 21.3 Å². The van der Waals surface area contributed by atoms with Crippen molar-refractivity contribution in [3.05, 3.63) is 70.8 Å². The van der Waals surface area contributed by atoms with Gasteiger partial charge in [0.2, 0.25) is 5.91 Å². The van der Waals surface area contributed by atoms with Gasteiger partial charge < -0.3 is 15.4 Å². The van der Waals surface area contributed by atoms with Crippen molar-refractivity contribution in [2.45, 2.75) is 53.7 Å². The van der Waals surface area contributed by atoms with Crippen LogP contribution in [0, 0.1) is 12.8 Å². The van der Waals surface area contributed by atoms with Gasteiger partial charge >= 0.3 is 0 Å². The van der Waals surface area contributed by atoms with E-state index in [2.05, 4.69) is 15.6 Å². The first-order valence-electron chi connectivity index (χ1n) is 11.3. The Bertz CT molecular complexity index is 1140. The Hall–Kier alpha value is -3.12. The van der Waals surface area contributed by atoms with Gasteiger partial charge in [-0.25, -0.2) is 4.98 Å². The Morgan fingerprint density at radius 3 is 2.76 bits per heavy atom. The third-order valence-electron chi connectivity index (χ3n) is 5.61. The van der Waals surface area contributed by atoms with Crippen LogP contribution >= 0.6 is 11.6 Å². The van der Waals surface area contributed by atoms with Gasteiger partial charge in [-0.3, -0.25) is 9.78 Å². The van der Waals surface area contributed by atoms with Crippen molar-refractivity contribution in [3.63, 3.8) is 0 Å². The SMILES string of the molecule is C/C=C\Nc1cc(C)nc2c(OCc3c(Cl)cncc3CNC(=O)C(CC)CC)cccc12. The molecule has 0 atom stereocenters. The Kier molecular flexibility index (Phi) is 8.66. The number of hydrogen-bond donors (Lipinski definition) is 2. The first kappa shape index (κ1) is 24.5. The zero-order valence-corrected chi connectivity index (χ0v) is 20.4. The van der Waals surface area contributed by atoms with E-state index in [-0.39, 0.29) is 18.4 Å². The van der Waals surface area contributed by atoms with Crippen LogP contribution < -0.4 is 15.4 Å². The summed E-state index contributed by atoms with van der Waals surface area (Å²) < 4.78 is 6.20. The quantitative estimate of drug-likeness (QED) is 0.373. The van der Waals surface area contributed by atoms with Crippen LogP contribution in [0.5, 0.6) is 5.75 Å². The molecule has 6 nitrogen and oxygen atoms in total. The van der Waals surface area contributed by atoms with Gasteiger partial charge in [0, 0.05) is 47.2 Å². The van der Waals surface area contributed by atoms with Gasteiger partial charge in [-0.2, -0.15) is 0 Å². The number of fused-ring (bicyclic) bond motifs is 1. The number of carbonyl (C=O) groups is 1. The molecular formula is C26H31ClN4O2. The average Bonchev–Trinajstić information content (AvgIpc) is 2.81. The zero-order chi connectivity index (χ0) is 23.8. The highest BCUT2D eigenvalue weighted by Crippen LogP contribution is 2.31. The number of carbonyl (C=O) groups excluding carboxylic acids is 1. The number of pyridine rings is 2. The van der Waals surface area contributed by atoms with E-state index in [1.807, 2.05) is 64.2 Å². The molecular weight excluding hydrogens is 436 g/mol. The number of rotatable bonds is 10. The van der Waals surface area contributed by atoms with Crippen LogP contribution in [0.4, 0.5) is 5.69 Å². The maximum atomic E-state index is 12.4. The molecule has 0 aliphatic heterocycles. The second kappa shape index (κ2) is 11.7. The molecule has 7 heteroatoms. The second-order valence-corrected chi connectivity index (χ2v) is 8.29. The first-order chi connectivity index (χ1) is 16.0. The van der Waals surface area contributed by atoms with Gasteiger partial charge in [-0.1, -0.05) is 43.7 Å². The summed E-state index contributed by atoms with van der Waals surface area (Å²) in [4.78, 5) is 21.3. The molecule has 2 N–H and O–H groups in total. The van der Waals surface area contributed by atoms with Gasteiger partial charge in [0.05, 0.1) is 5.02 Å². The molecule has 1 aromatic carbocycles. The zero-order valence-electron chi connectivity index (χ0n) is 19.6. The molecule has 2 aromatic heterocycles. The smallest absolute Gasteiger partial charge is 0.223 e. The predicted octanol–water partition coefficient (Wildman–Crippen LogP) is 6.17. The van der Waals surface area contributed by atoms with Crippen LogP contribution in [0.2, 0.25) is 5.02 Å². The van der Waals surface area contributed by atoms with Crippen LogP contribution in [0.1, 0.15) is 50.4 Å². The maximum absolute atomic E-state index is 12.4. The first-order valence-corrected chi connectivity index (χ1v) is 11.7. The molecule has 0 radical (unpaired) electrons. The standard InChI is InChI=1S/C26H31ClN4O2/c1-5-11-29-23-12-17(4)31-25-20(23)9-8-10-24(25)33-16-21-19(13-28-15-22(21)27)14-30-26(32)18(6-2)7-3/h5,8-13,15,18H,6-7,14,16H2,1-4H3,(H,29,31)(H,30,32)/b11-5-. The summed E-state index contributed by atoms with van der Waals surface area (Å²) in [5.41, 5.74) is 4.26. The highest BCUT2D eigenvalue weighted by molar-refractivity contribution is 6.31. The molecule has 3 aromatic rings. The maximum Gasteiger partial charge on any atom is 0.223 e. The number of nitrogens with zero attached hydrogens (tertiary/aromatic N) is 2. The fraction of sp³-hybridized carbons (Fsp3) is 0.346. The number of hydrogen-bond acceptors (Lipinski definition) is 5. The number of aromatic nitrogens is 2. The third kappa shape index (κ3) is 6.02. The molecule has 3 rings (SSSR count). The van der Waals surface area contributed by atoms with Crippen molar-refractivity contribution in [1.29, 1.82) is 0 Å². The number of nitrogens with one attached hydrogen (secondary N) is 2. The van der Waals surface area contributed by atoms with E-state index >= 15 is 0 Å². The molecule has 33 heavy (non-hydrogen) atoms. The molecule has 0 aliphatic carbocycles. The summed E-state index contributed by atoms with van der Waals surface area (Å²) in [6.07, 6.45) is 8.77. The van der Waals surface area contributed by atoms with E-state index in [9.17, 15) is 4.79 Å². The summed E-state index contributed by atoms with van der Waals surface area (Å²) in [6.45, 7) is 8.55. The highest BCUT2D eigenvalue weighted by atomic mass is 35.5. The number of aryl methyl sites for hydroxylation is 1. The number of para-hydroxylation sites is 1. The number of halogens is 1. The van der Waals surface area contributed by atoms with Crippen molar-refractivity contribution in [3.8, 4) is 5.75 Å². The largest absolute Gasteiger partial charge is 0.487 e. The van der Waals surface area contributed by atoms with Gasteiger partial charge in [0.25, 0.3) is 0 Å². The number of anilines is 1. The van der Waals surface area contributed by atoms with Crippen molar-refractivity contribution in [2.75, 3.05) is 5.32 Å². The lowest BCUT2D eigenvalue weighted by Crippen LogP contribution is -2.30. The lowest BCUT2D eigenvalue weighted by atomic mass is 10.0. The summed E-state index contributed by atoms with van der Waals surface area (Å²) in [7, 11) is 0. The number of allylic oxidation sites excluding steroid dienone is 1. The van der Waals surface area contributed by atoms with Crippen LogP contribution in [-0.2, 0) is 17.9 Å². The van der Waals surface area contributed by atoms with Crippen molar-refractivity contribution in [1.82, 2.24) is 15.3 Å². The lowest BCUT2D eigenvalue weighted by Gasteiger charge is -2.16. The number of amides is 1. The van der Waals surface area contributed by atoms with E-state index in [1.165, 1.54) is 0 Å². The molecule has 0 bridgehead atoms. The predicted molar refractivity (Wildman–Crippen MR) is 134 cm³/mol. The summed E-state index contributed by atoms with van der Waals surface area (Å²) in [5.74, 6) is 0.716. The monoisotopic (exact) mass is 466 g/mol. The summed E-state index contributed by atoms with van der Waals surface area (Å²) in [6, 6.07) is 7.86. The van der Waals surface area contributed by atoms with Gasteiger partial charge in [-0.15, -0.1) is 0 Å². The molecule has 1 amide bonds. The fourth-order valence-corrected chi connectivity index (χ4v) is 3.94. The topological polar surface area (TPSA) is 76.1 Å².